The molecule has 1 aliphatic rings. The number of aromatic nitrogens is 3. The molecule has 106 valence electrons. The van der Waals surface area contributed by atoms with Crippen LogP contribution in [0.2, 0.25) is 0 Å². The number of nitrogens with zero attached hydrogens (tertiary/aromatic N) is 3. The minimum atomic E-state index is -0.642. The third kappa shape index (κ3) is 1.68. The lowest BCUT2D eigenvalue weighted by Gasteiger charge is -2.10. The zero-order chi connectivity index (χ0) is 14.6. The lowest BCUT2D eigenvalue weighted by atomic mass is 10.0. The van der Waals surface area contributed by atoms with Gasteiger partial charge in [-0.1, -0.05) is 12.1 Å². The number of fused-ring (bicyclic) bond motifs is 3. The number of ether oxygens (including phenoxy) is 1. The number of carbonyl (C=O) groups excluding carboxylic acids is 1. The quantitative estimate of drug-likeness (QED) is 0.730. The second kappa shape index (κ2) is 4.18. The van der Waals surface area contributed by atoms with Gasteiger partial charge in [-0.3, -0.25) is 0 Å². The van der Waals surface area contributed by atoms with E-state index in [1.54, 1.807) is 0 Å². The van der Waals surface area contributed by atoms with Gasteiger partial charge in [0, 0.05) is 10.8 Å². The van der Waals surface area contributed by atoms with Crippen LogP contribution in [0.5, 0.6) is 5.75 Å². The predicted molar refractivity (Wildman–Crippen MR) is 75.5 cm³/mol. The number of esters is 1. The molecular formula is C15H13N3O3. The number of hydrogen-bond acceptors (Lipinski definition) is 5. The van der Waals surface area contributed by atoms with Crippen molar-refractivity contribution in [2.45, 2.75) is 18.8 Å². The summed E-state index contributed by atoms with van der Waals surface area (Å²) in [4.78, 5) is 16.1. The summed E-state index contributed by atoms with van der Waals surface area (Å²) in [5.41, 5.74) is 1.78. The summed E-state index contributed by atoms with van der Waals surface area (Å²) in [7, 11) is 1.27. The van der Waals surface area contributed by atoms with Crippen LogP contribution in [0, 0.1) is 0 Å². The maximum absolute atomic E-state index is 11.9. The van der Waals surface area contributed by atoms with Crippen molar-refractivity contribution in [3.63, 3.8) is 0 Å². The summed E-state index contributed by atoms with van der Waals surface area (Å²) in [6.45, 7) is 0. The number of aromatic hydroxyl groups is 1. The average molecular weight is 283 g/mol. The molecule has 1 aliphatic carbocycles. The first-order valence-electron chi connectivity index (χ1n) is 6.77. The zero-order valence-corrected chi connectivity index (χ0v) is 11.4. The van der Waals surface area contributed by atoms with E-state index in [0.717, 1.165) is 5.39 Å². The molecule has 0 atom stereocenters. The summed E-state index contributed by atoms with van der Waals surface area (Å²) < 4.78 is 6.06. The number of rotatable bonds is 2. The Bertz CT molecular complexity index is 881. The van der Waals surface area contributed by atoms with Crippen LogP contribution in [0.3, 0.4) is 0 Å². The SMILES string of the molecule is COC(=O)c1c(O)c2ccc(C3CC3)cc2c2ncnn12. The van der Waals surface area contributed by atoms with Gasteiger partial charge < -0.3 is 9.84 Å². The van der Waals surface area contributed by atoms with E-state index in [9.17, 15) is 9.90 Å². The molecule has 0 spiro atoms. The molecule has 2 heterocycles. The van der Waals surface area contributed by atoms with Crippen molar-refractivity contribution in [2.24, 2.45) is 0 Å². The standard InChI is InChI=1S/C15H13N3O3/c1-21-15(20)12-13(19)10-5-4-9(8-2-3-8)6-11(10)14-16-7-17-18(12)14/h4-8,19H,2-3H2,1H3. The molecule has 1 saturated carbocycles. The lowest BCUT2D eigenvalue weighted by molar-refractivity contribution is 0.0587. The van der Waals surface area contributed by atoms with Gasteiger partial charge in [-0.2, -0.15) is 5.10 Å². The third-order valence-corrected chi connectivity index (χ3v) is 3.95. The van der Waals surface area contributed by atoms with Crippen molar-refractivity contribution < 1.29 is 14.6 Å². The minimum Gasteiger partial charge on any atom is -0.505 e. The fourth-order valence-electron chi connectivity index (χ4n) is 2.72. The van der Waals surface area contributed by atoms with Crippen molar-refractivity contribution in [1.82, 2.24) is 14.6 Å². The van der Waals surface area contributed by atoms with Gasteiger partial charge in [0.15, 0.2) is 17.1 Å². The number of benzene rings is 1. The van der Waals surface area contributed by atoms with E-state index < -0.39 is 5.97 Å². The molecule has 0 amide bonds. The van der Waals surface area contributed by atoms with E-state index in [1.807, 2.05) is 18.2 Å². The second-order valence-electron chi connectivity index (χ2n) is 5.26. The summed E-state index contributed by atoms with van der Waals surface area (Å²) in [6, 6.07) is 5.85. The van der Waals surface area contributed by atoms with Crippen molar-refractivity contribution in [3.05, 3.63) is 35.8 Å². The molecule has 4 rings (SSSR count). The van der Waals surface area contributed by atoms with Crippen LogP contribution in [0.15, 0.2) is 24.5 Å². The van der Waals surface area contributed by atoms with Gasteiger partial charge in [-0.05, 0) is 30.4 Å². The third-order valence-electron chi connectivity index (χ3n) is 3.95. The Labute approximate surface area is 120 Å². The van der Waals surface area contributed by atoms with Crippen molar-refractivity contribution in [2.75, 3.05) is 7.11 Å². The number of methoxy groups -OCH3 is 1. The van der Waals surface area contributed by atoms with E-state index in [2.05, 4.69) is 10.1 Å². The van der Waals surface area contributed by atoms with Crippen LogP contribution in [-0.4, -0.2) is 32.8 Å². The summed E-state index contributed by atoms with van der Waals surface area (Å²) in [5.74, 6) is -0.173. The fraction of sp³-hybridized carbons (Fsp3) is 0.267. The fourth-order valence-corrected chi connectivity index (χ4v) is 2.72. The Hall–Kier alpha value is -2.63. The number of carbonyl (C=O) groups is 1. The zero-order valence-electron chi connectivity index (χ0n) is 11.4. The highest BCUT2D eigenvalue weighted by Crippen LogP contribution is 2.42. The molecule has 1 fully saturated rings. The molecule has 6 nitrogen and oxygen atoms in total. The molecule has 0 bridgehead atoms. The lowest BCUT2D eigenvalue weighted by Crippen LogP contribution is -2.10. The Balaban J connectivity index is 2.11. The second-order valence-corrected chi connectivity index (χ2v) is 5.26. The first kappa shape index (κ1) is 12.1. The number of hydrogen-bond donors (Lipinski definition) is 1. The average Bonchev–Trinajstić information content (AvgIpc) is 3.24. The van der Waals surface area contributed by atoms with Crippen molar-refractivity contribution in [1.29, 1.82) is 0 Å². The van der Waals surface area contributed by atoms with Crippen LogP contribution in [0.4, 0.5) is 0 Å². The van der Waals surface area contributed by atoms with E-state index in [1.165, 1.54) is 36.4 Å². The molecule has 3 aromatic rings. The normalized spacial score (nSPS) is 14.7. The Kier molecular flexibility index (Phi) is 2.42. The topological polar surface area (TPSA) is 76.7 Å². The van der Waals surface area contributed by atoms with E-state index in [0.29, 0.717) is 17.0 Å². The summed E-state index contributed by atoms with van der Waals surface area (Å²) in [5, 5.41) is 15.8. The maximum atomic E-state index is 11.9. The molecular weight excluding hydrogens is 270 g/mol. The first-order chi connectivity index (χ1) is 10.2. The van der Waals surface area contributed by atoms with E-state index >= 15 is 0 Å². The molecule has 6 heteroatoms. The molecule has 0 saturated heterocycles. The van der Waals surface area contributed by atoms with E-state index in [-0.39, 0.29) is 11.4 Å². The molecule has 0 aliphatic heterocycles. The smallest absolute Gasteiger partial charge is 0.360 e. The highest BCUT2D eigenvalue weighted by molar-refractivity contribution is 6.05. The predicted octanol–water partition coefficient (Wildman–Crippen LogP) is 2.25. The monoisotopic (exact) mass is 283 g/mol. The van der Waals surface area contributed by atoms with Gasteiger partial charge >= 0.3 is 5.97 Å². The van der Waals surface area contributed by atoms with Gasteiger partial charge in [0.1, 0.15) is 6.33 Å². The highest BCUT2D eigenvalue weighted by atomic mass is 16.5. The first-order valence-corrected chi connectivity index (χ1v) is 6.77. The molecule has 0 radical (unpaired) electrons. The molecule has 21 heavy (non-hydrogen) atoms. The van der Waals surface area contributed by atoms with Crippen LogP contribution in [0.1, 0.15) is 34.8 Å². The van der Waals surface area contributed by atoms with Crippen LogP contribution >= 0.6 is 0 Å². The molecule has 2 aromatic heterocycles. The molecule has 1 aromatic carbocycles. The maximum Gasteiger partial charge on any atom is 0.360 e. The van der Waals surface area contributed by atoms with Gasteiger partial charge in [-0.25, -0.2) is 14.3 Å². The Morgan fingerprint density at radius 3 is 2.90 bits per heavy atom. The van der Waals surface area contributed by atoms with Crippen LogP contribution in [-0.2, 0) is 4.74 Å². The largest absolute Gasteiger partial charge is 0.505 e. The van der Waals surface area contributed by atoms with Crippen molar-refractivity contribution in [3.8, 4) is 5.75 Å². The summed E-state index contributed by atoms with van der Waals surface area (Å²) >= 11 is 0. The molecule has 0 unspecified atom stereocenters. The molecule has 1 N–H and O–H groups in total. The minimum absolute atomic E-state index is 0.00308. The number of pyridine rings is 1. The highest BCUT2D eigenvalue weighted by Gasteiger charge is 2.26. The van der Waals surface area contributed by atoms with Gasteiger partial charge in [0.05, 0.1) is 7.11 Å². The van der Waals surface area contributed by atoms with E-state index in [4.69, 9.17) is 4.74 Å². The van der Waals surface area contributed by atoms with Crippen LogP contribution in [0.25, 0.3) is 16.4 Å². The Morgan fingerprint density at radius 2 is 2.19 bits per heavy atom. The van der Waals surface area contributed by atoms with Gasteiger partial charge in [0.25, 0.3) is 0 Å². The Morgan fingerprint density at radius 1 is 1.38 bits per heavy atom. The van der Waals surface area contributed by atoms with Gasteiger partial charge in [0.2, 0.25) is 0 Å². The van der Waals surface area contributed by atoms with Crippen molar-refractivity contribution >= 4 is 22.4 Å². The van der Waals surface area contributed by atoms with Crippen LogP contribution < -0.4 is 0 Å². The van der Waals surface area contributed by atoms with Gasteiger partial charge in [-0.15, -0.1) is 0 Å². The summed E-state index contributed by atoms with van der Waals surface area (Å²) in [6.07, 6.45) is 3.76.